The third-order valence-electron chi connectivity index (χ3n) is 3.53. The Morgan fingerprint density at radius 2 is 2.04 bits per heavy atom. The molecule has 25 heavy (non-hydrogen) atoms. The highest BCUT2D eigenvalue weighted by atomic mass is 16.6. The number of aryl methyl sites for hydroxylation is 1. The summed E-state index contributed by atoms with van der Waals surface area (Å²) in [5.41, 5.74) is -0.128. The molecule has 1 amide bonds. The number of nitro groups is 1. The number of rotatable bonds is 5. The molecule has 0 radical (unpaired) electrons. The molecule has 0 aliphatic heterocycles. The van der Waals surface area contributed by atoms with Gasteiger partial charge in [0.1, 0.15) is 17.1 Å². The van der Waals surface area contributed by atoms with Crippen molar-refractivity contribution >= 4 is 17.6 Å². The van der Waals surface area contributed by atoms with E-state index >= 15 is 0 Å². The van der Waals surface area contributed by atoms with E-state index in [9.17, 15) is 24.8 Å². The lowest BCUT2D eigenvalue weighted by molar-refractivity contribution is -0.385. The van der Waals surface area contributed by atoms with Gasteiger partial charge in [0.05, 0.1) is 18.6 Å². The molecule has 1 N–H and O–H groups in total. The molecule has 0 unspecified atom stereocenters. The van der Waals surface area contributed by atoms with E-state index in [1.54, 1.807) is 6.92 Å². The molecule has 2 rings (SSSR count). The molecular weight excluding hydrogens is 332 g/mol. The van der Waals surface area contributed by atoms with Crippen LogP contribution in [0.3, 0.4) is 0 Å². The number of furan rings is 1. The lowest BCUT2D eigenvalue weighted by atomic mass is 10.1. The van der Waals surface area contributed by atoms with Crippen LogP contribution in [0.15, 0.2) is 28.7 Å². The van der Waals surface area contributed by atoms with E-state index in [4.69, 9.17) is 4.42 Å². The van der Waals surface area contributed by atoms with Gasteiger partial charge in [-0.15, -0.1) is 0 Å². The molecule has 0 spiro atoms. The third kappa shape index (κ3) is 3.77. The number of carbonyl (C=O) groups excluding carboxylic acids is 2. The smallest absolute Gasteiger partial charge is 0.341 e. The van der Waals surface area contributed by atoms with E-state index in [1.165, 1.54) is 31.2 Å². The van der Waals surface area contributed by atoms with Crippen LogP contribution in [-0.2, 0) is 11.3 Å². The largest absolute Gasteiger partial charge is 0.502 e. The van der Waals surface area contributed by atoms with Gasteiger partial charge in [0.2, 0.25) is 0 Å². The first kappa shape index (κ1) is 18.0. The molecule has 132 valence electrons. The van der Waals surface area contributed by atoms with E-state index in [1.807, 2.05) is 0 Å². The van der Waals surface area contributed by atoms with Gasteiger partial charge < -0.3 is 19.2 Å². The predicted molar refractivity (Wildman–Crippen MR) is 85.3 cm³/mol. The first-order chi connectivity index (χ1) is 11.7. The number of esters is 1. The minimum absolute atomic E-state index is 0.0639. The summed E-state index contributed by atoms with van der Waals surface area (Å²) in [5, 5.41) is 20.3. The Balaban J connectivity index is 2.17. The minimum atomic E-state index is -0.743. The molecule has 0 aliphatic rings. The second-order valence-corrected chi connectivity index (χ2v) is 5.30. The zero-order chi connectivity index (χ0) is 18.7. The number of carbonyl (C=O) groups is 2. The van der Waals surface area contributed by atoms with Crippen LogP contribution in [-0.4, -0.2) is 41.0 Å². The number of nitro benzene ring substituents is 1. The van der Waals surface area contributed by atoms with Crippen molar-refractivity contribution in [3.8, 4) is 5.75 Å². The second-order valence-electron chi connectivity index (χ2n) is 5.30. The summed E-state index contributed by atoms with van der Waals surface area (Å²) >= 11 is 0. The molecule has 0 saturated carbocycles. The van der Waals surface area contributed by atoms with Crippen LogP contribution in [0.2, 0.25) is 0 Å². The molecule has 0 saturated heterocycles. The molecule has 2 aromatic rings. The number of hydrogen-bond donors (Lipinski definition) is 1. The number of ether oxygens (including phenoxy) is 1. The molecule has 9 heteroatoms. The van der Waals surface area contributed by atoms with Crippen molar-refractivity contribution in [1.29, 1.82) is 0 Å². The number of aromatic hydroxyl groups is 1. The highest BCUT2D eigenvalue weighted by Crippen LogP contribution is 2.27. The molecule has 0 aliphatic carbocycles. The fourth-order valence-electron chi connectivity index (χ4n) is 2.27. The van der Waals surface area contributed by atoms with Gasteiger partial charge in [0, 0.05) is 18.7 Å². The van der Waals surface area contributed by atoms with Crippen LogP contribution in [0.4, 0.5) is 5.69 Å². The molecule has 0 bridgehead atoms. The number of phenolic OH excluding ortho intramolecular Hbond substituents is 1. The van der Waals surface area contributed by atoms with E-state index in [0.29, 0.717) is 11.5 Å². The van der Waals surface area contributed by atoms with Crippen molar-refractivity contribution in [2.75, 3.05) is 14.2 Å². The summed E-state index contributed by atoms with van der Waals surface area (Å²) in [5.74, 6) is -0.859. The number of benzene rings is 1. The van der Waals surface area contributed by atoms with E-state index < -0.39 is 28.2 Å². The van der Waals surface area contributed by atoms with Gasteiger partial charge in [-0.2, -0.15) is 0 Å². The Hall–Kier alpha value is -3.36. The lowest BCUT2D eigenvalue weighted by Crippen LogP contribution is -2.26. The van der Waals surface area contributed by atoms with Gasteiger partial charge in [0.15, 0.2) is 5.75 Å². The maximum Gasteiger partial charge on any atom is 0.341 e. The third-order valence-corrected chi connectivity index (χ3v) is 3.53. The maximum absolute atomic E-state index is 12.4. The Kier molecular flexibility index (Phi) is 5.06. The fraction of sp³-hybridized carbons (Fsp3) is 0.250. The Morgan fingerprint density at radius 1 is 1.36 bits per heavy atom. The lowest BCUT2D eigenvalue weighted by Gasteiger charge is -2.15. The minimum Gasteiger partial charge on any atom is -0.502 e. The molecule has 1 aromatic heterocycles. The number of nitrogens with zero attached hydrogens (tertiary/aromatic N) is 2. The Labute approximate surface area is 142 Å². The van der Waals surface area contributed by atoms with Crippen molar-refractivity contribution in [1.82, 2.24) is 4.90 Å². The number of hydrogen-bond acceptors (Lipinski definition) is 7. The van der Waals surface area contributed by atoms with Crippen molar-refractivity contribution in [3.63, 3.8) is 0 Å². The summed E-state index contributed by atoms with van der Waals surface area (Å²) in [6.07, 6.45) is 0. The summed E-state index contributed by atoms with van der Waals surface area (Å²) in [6.45, 7) is 1.67. The van der Waals surface area contributed by atoms with E-state index in [2.05, 4.69) is 4.74 Å². The first-order valence-electron chi connectivity index (χ1n) is 7.15. The average Bonchev–Trinajstić information content (AvgIpc) is 2.93. The standard InChI is InChI=1S/C16H16N2O7/c1-9-12(16(21)24-3)7-11(25-9)8-17(2)15(20)10-4-5-13(18(22)23)14(19)6-10/h4-7,19H,8H2,1-3H3. The number of methoxy groups -OCH3 is 1. The van der Waals surface area contributed by atoms with Crippen LogP contribution in [0, 0.1) is 17.0 Å². The Bertz CT molecular complexity index is 841. The van der Waals surface area contributed by atoms with Crippen LogP contribution in [0.1, 0.15) is 32.2 Å². The molecule has 9 nitrogen and oxygen atoms in total. The molecular formula is C16H16N2O7. The van der Waals surface area contributed by atoms with Crippen molar-refractivity contribution in [2.24, 2.45) is 0 Å². The zero-order valence-corrected chi connectivity index (χ0v) is 13.8. The molecule has 1 aromatic carbocycles. The topological polar surface area (TPSA) is 123 Å². The zero-order valence-electron chi connectivity index (χ0n) is 13.8. The van der Waals surface area contributed by atoms with Crippen LogP contribution < -0.4 is 0 Å². The van der Waals surface area contributed by atoms with Gasteiger partial charge in [0.25, 0.3) is 5.91 Å². The van der Waals surface area contributed by atoms with Gasteiger partial charge in [-0.3, -0.25) is 14.9 Å². The van der Waals surface area contributed by atoms with Crippen LogP contribution >= 0.6 is 0 Å². The maximum atomic E-state index is 12.4. The normalized spacial score (nSPS) is 10.4. The second kappa shape index (κ2) is 7.04. The Morgan fingerprint density at radius 3 is 2.60 bits per heavy atom. The van der Waals surface area contributed by atoms with Gasteiger partial charge in [-0.1, -0.05) is 0 Å². The number of amides is 1. The van der Waals surface area contributed by atoms with E-state index in [-0.39, 0.29) is 17.7 Å². The van der Waals surface area contributed by atoms with Crippen LogP contribution in [0.5, 0.6) is 5.75 Å². The molecule has 0 atom stereocenters. The van der Waals surface area contributed by atoms with Crippen molar-refractivity contribution in [2.45, 2.75) is 13.5 Å². The highest BCUT2D eigenvalue weighted by Gasteiger charge is 2.21. The SMILES string of the molecule is COC(=O)c1cc(CN(C)C(=O)c2ccc([N+](=O)[O-])c(O)c2)oc1C. The van der Waals surface area contributed by atoms with Crippen molar-refractivity contribution in [3.05, 3.63) is 57.0 Å². The monoisotopic (exact) mass is 348 g/mol. The van der Waals surface area contributed by atoms with Crippen LogP contribution in [0.25, 0.3) is 0 Å². The molecule has 0 fully saturated rings. The van der Waals surface area contributed by atoms with Gasteiger partial charge >= 0.3 is 11.7 Å². The highest BCUT2D eigenvalue weighted by molar-refractivity contribution is 5.95. The summed E-state index contributed by atoms with van der Waals surface area (Å²) in [4.78, 5) is 35.2. The average molecular weight is 348 g/mol. The number of phenols is 1. The molecule has 1 heterocycles. The summed E-state index contributed by atoms with van der Waals surface area (Å²) in [6, 6.07) is 4.83. The fourth-order valence-corrected chi connectivity index (χ4v) is 2.27. The van der Waals surface area contributed by atoms with E-state index in [0.717, 1.165) is 12.1 Å². The van der Waals surface area contributed by atoms with Gasteiger partial charge in [-0.25, -0.2) is 4.79 Å². The predicted octanol–water partition coefficient (Wildman–Crippen LogP) is 2.26. The summed E-state index contributed by atoms with van der Waals surface area (Å²) < 4.78 is 10.1. The quantitative estimate of drug-likeness (QED) is 0.499. The summed E-state index contributed by atoms with van der Waals surface area (Å²) in [7, 11) is 2.75. The van der Waals surface area contributed by atoms with Gasteiger partial charge in [-0.05, 0) is 25.1 Å². The van der Waals surface area contributed by atoms with Crippen molar-refractivity contribution < 1.29 is 28.8 Å². The first-order valence-corrected chi connectivity index (χ1v) is 7.15.